The van der Waals surface area contributed by atoms with Crippen LogP contribution in [0.5, 0.6) is 6.01 Å². The van der Waals surface area contributed by atoms with Crippen molar-refractivity contribution in [2.75, 3.05) is 30.6 Å². The fraction of sp³-hybridized carbons (Fsp3) is 0.700. The molecule has 2 heterocycles. The molecule has 4 N–H and O–H groups in total. The largest absolute Gasteiger partial charge is 0.464 e. The number of hydrogen-bond acceptors (Lipinski definition) is 8. The highest BCUT2D eigenvalue weighted by molar-refractivity contribution is 5.35. The molecule has 0 spiro atoms. The minimum atomic E-state index is 0.209. The number of ether oxygens (including phenoxy) is 2. The molecule has 1 aliphatic rings. The van der Waals surface area contributed by atoms with Gasteiger partial charge >= 0.3 is 6.01 Å². The number of nitrogen functional groups attached to an aromatic ring is 1. The van der Waals surface area contributed by atoms with E-state index in [1.807, 2.05) is 6.92 Å². The van der Waals surface area contributed by atoms with Crippen LogP contribution in [-0.2, 0) is 4.74 Å². The Bertz CT molecular complexity index is 383. The molecular formula is C10H18N6O2. The summed E-state index contributed by atoms with van der Waals surface area (Å²) in [5, 5.41) is 3.19. The smallest absolute Gasteiger partial charge is 0.323 e. The van der Waals surface area contributed by atoms with E-state index in [0.717, 1.165) is 19.4 Å². The highest BCUT2D eigenvalue weighted by Crippen LogP contribution is 2.14. The van der Waals surface area contributed by atoms with E-state index >= 15 is 0 Å². The summed E-state index contributed by atoms with van der Waals surface area (Å²) in [6, 6.07) is 0.459. The lowest BCUT2D eigenvalue weighted by atomic mass is 10.1. The molecule has 1 aromatic rings. The van der Waals surface area contributed by atoms with Gasteiger partial charge in [0.25, 0.3) is 0 Å². The van der Waals surface area contributed by atoms with Crippen LogP contribution >= 0.6 is 0 Å². The molecule has 8 heteroatoms. The highest BCUT2D eigenvalue weighted by atomic mass is 16.5. The van der Waals surface area contributed by atoms with Gasteiger partial charge in [0.05, 0.1) is 19.3 Å². The van der Waals surface area contributed by atoms with Gasteiger partial charge in [0.2, 0.25) is 11.9 Å². The third kappa shape index (κ3) is 3.41. The summed E-state index contributed by atoms with van der Waals surface area (Å²) in [6.45, 7) is 3.82. The molecule has 0 aliphatic carbocycles. The molecule has 0 saturated carbocycles. The number of aromatic nitrogens is 3. The Morgan fingerprint density at radius 3 is 2.89 bits per heavy atom. The Hall–Kier alpha value is -1.67. The Labute approximate surface area is 105 Å². The summed E-state index contributed by atoms with van der Waals surface area (Å²) in [7, 11) is 0. The molecule has 1 aromatic heterocycles. The molecule has 1 saturated heterocycles. The number of rotatable bonds is 5. The van der Waals surface area contributed by atoms with Crippen LogP contribution < -0.4 is 21.3 Å². The van der Waals surface area contributed by atoms with Crippen LogP contribution in [0, 0.1) is 0 Å². The first-order valence-electron chi connectivity index (χ1n) is 6.01. The minimum Gasteiger partial charge on any atom is -0.464 e. The van der Waals surface area contributed by atoms with Crippen molar-refractivity contribution < 1.29 is 9.47 Å². The molecule has 2 rings (SSSR count). The van der Waals surface area contributed by atoms with Gasteiger partial charge in [0.1, 0.15) is 0 Å². The first kappa shape index (κ1) is 12.8. The second-order valence-electron chi connectivity index (χ2n) is 3.90. The Morgan fingerprint density at radius 2 is 2.22 bits per heavy atom. The van der Waals surface area contributed by atoms with Crippen molar-refractivity contribution in [3.8, 4) is 6.01 Å². The van der Waals surface area contributed by atoms with E-state index in [-0.39, 0.29) is 18.0 Å². The summed E-state index contributed by atoms with van der Waals surface area (Å²) < 4.78 is 10.6. The zero-order valence-electron chi connectivity index (χ0n) is 10.3. The van der Waals surface area contributed by atoms with Crippen molar-refractivity contribution in [1.82, 2.24) is 15.0 Å². The van der Waals surface area contributed by atoms with Gasteiger partial charge in [-0.3, -0.25) is 5.43 Å². The van der Waals surface area contributed by atoms with Crippen molar-refractivity contribution >= 4 is 11.9 Å². The summed E-state index contributed by atoms with van der Waals surface area (Å²) >= 11 is 0. The van der Waals surface area contributed by atoms with Gasteiger partial charge < -0.3 is 14.8 Å². The Morgan fingerprint density at radius 1 is 1.39 bits per heavy atom. The minimum absolute atomic E-state index is 0.209. The zero-order chi connectivity index (χ0) is 12.8. The Balaban J connectivity index is 2.07. The van der Waals surface area contributed by atoms with Gasteiger partial charge in [-0.15, -0.1) is 0 Å². The van der Waals surface area contributed by atoms with Crippen LogP contribution in [0.3, 0.4) is 0 Å². The lowest BCUT2D eigenvalue weighted by Gasteiger charge is -2.23. The van der Waals surface area contributed by atoms with E-state index in [4.69, 9.17) is 15.3 Å². The lowest BCUT2D eigenvalue weighted by molar-refractivity contribution is 0.0873. The average Bonchev–Trinajstić information content (AvgIpc) is 2.40. The van der Waals surface area contributed by atoms with E-state index in [0.29, 0.717) is 19.2 Å². The van der Waals surface area contributed by atoms with Gasteiger partial charge in [0, 0.05) is 6.61 Å². The van der Waals surface area contributed by atoms with Crippen LogP contribution in [0.25, 0.3) is 0 Å². The molecule has 8 nitrogen and oxygen atoms in total. The monoisotopic (exact) mass is 254 g/mol. The van der Waals surface area contributed by atoms with Crippen molar-refractivity contribution in [3.05, 3.63) is 0 Å². The fourth-order valence-corrected chi connectivity index (χ4v) is 1.72. The van der Waals surface area contributed by atoms with Crippen LogP contribution in [-0.4, -0.2) is 40.8 Å². The first-order valence-corrected chi connectivity index (χ1v) is 6.01. The van der Waals surface area contributed by atoms with Gasteiger partial charge in [-0.05, 0) is 19.8 Å². The summed E-state index contributed by atoms with van der Waals surface area (Å²) in [4.78, 5) is 12.3. The van der Waals surface area contributed by atoms with Crippen molar-refractivity contribution in [1.29, 1.82) is 0 Å². The van der Waals surface area contributed by atoms with Crippen LogP contribution in [0.15, 0.2) is 0 Å². The molecule has 1 atom stereocenters. The van der Waals surface area contributed by atoms with Crippen LogP contribution in [0.2, 0.25) is 0 Å². The summed E-state index contributed by atoms with van der Waals surface area (Å²) in [6.07, 6.45) is 2.06. The Kier molecular flexibility index (Phi) is 4.48. The third-order valence-electron chi connectivity index (χ3n) is 2.51. The third-order valence-corrected chi connectivity index (χ3v) is 2.51. The van der Waals surface area contributed by atoms with Crippen LogP contribution in [0.4, 0.5) is 11.9 Å². The van der Waals surface area contributed by atoms with Crippen molar-refractivity contribution in [3.63, 3.8) is 0 Å². The predicted molar refractivity (Wildman–Crippen MR) is 66.3 cm³/mol. The number of nitrogens with zero attached hydrogens (tertiary/aromatic N) is 3. The SMILES string of the molecule is CCOc1nc(NN)nc(NC2CCCOC2)n1. The molecule has 0 radical (unpaired) electrons. The number of anilines is 2. The molecule has 18 heavy (non-hydrogen) atoms. The second-order valence-corrected chi connectivity index (χ2v) is 3.90. The molecule has 1 unspecified atom stereocenters. The van der Waals surface area contributed by atoms with Crippen molar-refractivity contribution in [2.45, 2.75) is 25.8 Å². The number of nitrogens with one attached hydrogen (secondary N) is 2. The van der Waals surface area contributed by atoms with Crippen molar-refractivity contribution in [2.24, 2.45) is 5.84 Å². The maximum atomic E-state index is 5.38. The maximum Gasteiger partial charge on any atom is 0.323 e. The van der Waals surface area contributed by atoms with E-state index in [1.165, 1.54) is 0 Å². The van der Waals surface area contributed by atoms with Gasteiger partial charge in [0.15, 0.2) is 0 Å². The number of hydrogen-bond donors (Lipinski definition) is 3. The van der Waals surface area contributed by atoms with E-state index in [9.17, 15) is 0 Å². The highest BCUT2D eigenvalue weighted by Gasteiger charge is 2.16. The standard InChI is InChI=1S/C10H18N6O2/c1-2-18-10-14-8(13-9(15-10)16-11)12-7-4-3-5-17-6-7/h7H,2-6,11H2,1H3,(H2,12,13,14,15,16). The summed E-state index contributed by atoms with van der Waals surface area (Å²) in [5.74, 6) is 6.02. The molecule has 0 bridgehead atoms. The number of nitrogens with two attached hydrogens (primary N) is 1. The second kappa shape index (κ2) is 6.31. The predicted octanol–water partition coefficient (Wildman–Crippen LogP) is 0.147. The van der Waals surface area contributed by atoms with E-state index in [1.54, 1.807) is 0 Å². The number of hydrazine groups is 1. The van der Waals surface area contributed by atoms with Crippen LogP contribution in [0.1, 0.15) is 19.8 Å². The fourth-order valence-electron chi connectivity index (χ4n) is 1.72. The van der Waals surface area contributed by atoms with Gasteiger partial charge in [-0.25, -0.2) is 5.84 Å². The quantitative estimate of drug-likeness (QED) is 0.503. The molecule has 100 valence electrons. The first-order chi connectivity index (χ1) is 8.81. The van der Waals surface area contributed by atoms with Gasteiger partial charge in [-0.2, -0.15) is 15.0 Å². The average molecular weight is 254 g/mol. The van der Waals surface area contributed by atoms with E-state index < -0.39 is 0 Å². The summed E-state index contributed by atoms with van der Waals surface area (Å²) in [5.41, 5.74) is 2.39. The maximum absolute atomic E-state index is 5.38. The topological polar surface area (TPSA) is 107 Å². The molecule has 0 aromatic carbocycles. The molecule has 0 amide bonds. The molecular weight excluding hydrogens is 236 g/mol. The zero-order valence-corrected chi connectivity index (χ0v) is 10.3. The molecule has 1 fully saturated rings. The van der Waals surface area contributed by atoms with Gasteiger partial charge in [-0.1, -0.05) is 0 Å². The normalized spacial score (nSPS) is 19.3. The lowest BCUT2D eigenvalue weighted by Crippen LogP contribution is -2.31. The molecule has 1 aliphatic heterocycles. The van der Waals surface area contributed by atoms with E-state index in [2.05, 4.69) is 25.7 Å².